The van der Waals surface area contributed by atoms with Crippen LogP contribution in [0.2, 0.25) is 5.02 Å². The van der Waals surface area contributed by atoms with Gasteiger partial charge in [0, 0.05) is 26.9 Å². The van der Waals surface area contributed by atoms with Gasteiger partial charge in [-0.1, -0.05) is 11.6 Å². The fraction of sp³-hybridized carbons (Fsp3) is 0.500. The molecule has 1 fully saturated rings. The Hall–Kier alpha value is -1.34. The topological polar surface area (TPSA) is 70.7 Å². The van der Waals surface area contributed by atoms with Crippen LogP contribution in [0.5, 0.6) is 0 Å². The van der Waals surface area contributed by atoms with Crippen LogP contribution in [0.4, 0.5) is 5.69 Å². The molecule has 1 saturated heterocycles. The lowest BCUT2D eigenvalue weighted by Crippen LogP contribution is -2.51. The minimum atomic E-state index is -0.837. The number of amides is 2. The average Bonchev–Trinajstić information content (AvgIpc) is 2.56. The number of halogens is 2. The number of nitrogens with zero attached hydrogens (tertiary/aromatic N) is 1. The highest BCUT2D eigenvalue weighted by atomic mass is 35.5. The Kier molecular flexibility index (Phi) is 7.48. The normalized spacial score (nSPS) is 16.0. The zero-order valence-electron chi connectivity index (χ0n) is 14.0. The number of anilines is 1. The van der Waals surface area contributed by atoms with Crippen molar-refractivity contribution in [2.75, 3.05) is 39.6 Å². The predicted octanol–water partition coefficient (Wildman–Crippen LogP) is 2.17. The van der Waals surface area contributed by atoms with Crippen molar-refractivity contribution in [3.05, 3.63) is 28.8 Å². The molecule has 0 aliphatic carbocycles. The highest BCUT2D eigenvalue weighted by molar-refractivity contribution is 6.34. The Morgan fingerprint density at radius 2 is 1.92 bits per heavy atom. The molecule has 0 bridgehead atoms. The molecule has 1 aliphatic rings. The Labute approximate surface area is 153 Å². The maximum Gasteiger partial charge on any atom is 0.256 e. The van der Waals surface area contributed by atoms with Crippen molar-refractivity contribution in [3.8, 4) is 0 Å². The molecule has 0 aromatic heterocycles. The Morgan fingerprint density at radius 3 is 2.46 bits per heavy atom. The van der Waals surface area contributed by atoms with Crippen LogP contribution < -0.4 is 10.6 Å². The van der Waals surface area contributed by atoms with Crippen LogP contribution in [-0.2, 0) is 9.53 Å². The quantitative estimate of drug-likeness (QED) is 0.845. The third-order valence-corrected chi connectivity index (χ3v) is 4.41. The third-order valence-electron chi connectivity index (χ3n) is 4.08. The van der Waals surface area contributed by atoms with Crippen LogP contribution >= 0.6 is 24.0 Å². The van der Waals surface area contributed by atoms with E-state index in [2.05, 4.69) is 10.6 Å². The summed E-state index contributed by atoms with van der Waals surface area (Å²) in [5, 5.41) is 6.40. The van der Waals surface area contributed by atoms with Crippen molar-refractivity contribution in [1.29, 1.82) is 0 Å². The van der Waals surface area contributed by atoms with Crippen molar-refractivity contribution < 1.29 is 14.3 Å². The molecule has 134 valence electrons. The van der Waals surface area contributed by atoms with Gasteiger partial charge in [-0.05, 0) is 44.1 Å². The molecule has 0 saturated carbocycles. The number of benzene rings is 1. The molecule has 24 heavy (non-hydrogen) atoms. The average molecular weight is 376 g/mol. The van der Waals surface area contributed by atoms with E-state index in [4.69, 9.17) is 16.3 Å². The van der Waals surface area contributed by atoms with E-state index in [1.165, 1.54) is 4.90 Å². The first-order valence-electron chi connectivity index (χ1n) is 7.48. The van der Waals surface area contributed by atoms with Gasteiger partial charge in [-0.25, -0.2) is 0 Å². The van der Waals surface area contributed by atoms with Gasteiger partial charge in [0.25, 0.3) is 11.8 Å². The fourth-order valence-electron chi connectivity index (χ4n) is 2.61. The summed E-state index contributed by atoms with van der Waals surface area (Å²) in [5.74, 6) is -0.415. The van der Waals surface area contributed by atoms with Crippen molar-refractivity contribution in [2.24, 2.45) is 0 Å². The molecule has 2 amide bonds. The first kappa shape index (κ1) is 20.7. The number of rotatable bonds is 4. The van der Waals surface area contributed by atoms with Crippen LogP contribution in [0.3, 0.4) is 0 Å². The molecule has 1 heterocycles. The van der Waals surface area contributed by atoms with Crippen molar-refractivity contribution >= 4 is 41.5 Å². The molecule has 2 N–H and O–H groups in total. The first-order valence-corrected chi connectivity index (χ1v) is 7.86. The molecule has 0 unspecified atom stereocenters. The molecule has 1 aliphatic heterocycles. The molecule has 0 atom stereocenters. The molecular weight excluding hydrogens is 353 g/mol. The Bertz CT molecular complexity index is 602. The summed E-state index contributed by atoms with van der Waals surface area (Å²) in [6.45, 7) is 1.46. The lowest BCUT2D eigenvalue weighted by atomic mass is 9.91. The summed E-state index contributed by atoms with van der Waals surface area (Å²) in [7, 11) is 4.85. The smallest absolute Gasteiger partial charge is 0.256 e. The Morgan fingerprint density at radius 1 is 1.29 bits per heavy atom. The number of methoxy groups -OCH3 is 1. The summed E-state index contributed by atoms with van der Waals surface area (Å²) in [6, 6.07) is 4.87. The van der Waals surface area contributed by atoms with E-state index < -0.39 is 5.60 Å². The molecular formula is C16H23Cl2N3O3. The van der Waals surface area contributed by atoms with Crippen molar-refractivity contribution in [1.82, 2.24) is 10.2 Å². The number of ether oxygens (including phenoxy) is 1. The summed E-state index contributed by atoms with van der Waals surface area (Å²) >= 11 is 6.08. The van der Waals surface area contributed by atoms with Crippen LogP contribution in [0.25, 0.3) is 0 Å². The number of carbonyl (C=O) groups excluding carboxylic acids is 2. The van der Waals surface area contributed by atoms with E-state index in [1.807, 2.05) is 0 Å². The number of piperidine rings is 1. The third kappa shape index (κ3) is 4.39. The standard InChI is InChI=1S/C16H22ClN3O3.ClH/c1-20(2)14(21)12-10-11(4-5-13(12)17)19-15(22)16(23-3)6-8-18-9-7-16;/h4-5,10,18H,6-9H2,1-3H3,(H,19,22);1H. The lowest BCUT2D eigenvalue weighted by molar-refractivity contribution is -0.140. The summed E-state index contributed by atoms with van der Waals surface area (Å²) < 4.78 is 5.50. The second-order valence-electron chi connectivity index (χ2n) is 5.80. The Balaban J connectivity index is 0.00000288. The van der Waals surface area contributed by atoms with Gasteiger partial charge < -0.3 is 20.3 Å². The fourth-order valence-corrected chi connectivity index (χ4v) is 2.81. The van der Waals surface area contributed by atoms with Gasteiger partial charge in [0.1, 0.15) is 5.60 Å². The summed E-state index contributed by atoms with van der Waals surface area (Å²) in [6.07, 6.45) is 1.21. The summed E-state index contributed by atoms with van der Waals surface area (Å²) in [4.78, 5) is 26.2. The van der Waals surface area contributed by atoms with E-state index in [0.717, 1.165) is 13.1 Å². The minimum Gasteiger partial charge on any atom is -0.368 e. The van der Waals surface area contributed by atoms with Crippen molar-refractivity contribution in [2.45, 2.75) is 18.4 Å². The highest BCUT2D eigenvalue weighted by Gasteiger charge is 2.39. The van der Waals surface area contributed by atoms with Gasteiger partial charge in [-0.3, -0.25) is 9.59 Å². The van der Waals surface area contributed by atoms with Crippen LogP contribution in [0.1, 0.15) is 23.2 Å². The molecule has 6 nitrogen and oxygen atoms in total. The van der Waals surface area contributed by atoms with E-state index in [9.17, 15) is 9.59 Å². The molecule has 2 rings (SSSR count). The lowest BCUT2D eigenvalue weighted by Gasteiger charge is -2.34. The second kappa shape index (κ2) is 8.67. The van der Waals surface area contributed by atoms with E-state index in [1.54, 1.807) is 39.4 Å². The first-order chi connectivity index (χ1) is 10.9. The van der Waals surface area contributed by atoms with Gasteiger partial charge in [0.15, 0.2) is 0 Å². The van der Waals surface area contributed by atoms with E-state index in [-0.39, 0.29) is 24.2 Å². The van der Waals surface area contributed by atoms with Crippen LogP contribution in [-0.4, -0.2) is 56.6 Å². The monoisotopic (exact) mass is 375 g/mol. The van der Waals surface area contributed by atoms with Gasteiger partial charge in [-0.2, -0.15) is 0 Å². The second-order valence-corrected chi connectivity index (χ2v) is 6.20. The molecule has 0 radical (unpaired) electrons. The van der Waals surface area contributed by atoms with E-state index >= 15 is 0 Å². The number of hydrogen-bond acceptors (Lipinski definition) is 4. The van der Waals surface area contributed by atoms with Crippen molar-refractivity contribution in [3.63, 3.8) is 0 Å². The molecule has 8 heteroatoms. The number of nitrogens with one attached hydrogen (secondary N) is 2. The maximum atomic E-state index is 12.6. The zero-order valence-corrected chi connectivity index (χ0v) is 15.6. The minimum absolute atomic E-state index is 0. The van der Waals surface area contributed by atoms with Gasteiger partial charge >= 0.3 is 0 Å². The molecule has 1 aromatic rings. The largest absolute Gasteiger partial charge is 0.368 e. The van der Waals surface area contributed by atoms with Gasteiger partial charge in [-0.15, -0.1) is 12.4 Å². The van der Waals surface area contributed by atoms with Crippen LogP contribution in [0.15, 0.2) is 18.2 Å². The highest BCUT2D eigenvalue weighted by Crippen LogP contribution is 2.26. The summed E-state index contributed by atoms with van der Waals surface area (Å²) in [5.41, 5.74) is 0.0437. The predicted molar refractivity (Wildman–Crippen MR) is 97.2 cm³/mol. The molecule has 0 spiro atoms. The molecule has 1 aromatic carbocycles. The number of hydrogen-bond donors (Lipinski definition) is 2. The van der Waals surface area contributed by atoms with E-state index in [0.29, 0.717) is 29.1 Å². The van der Waals surface area contributed by atoms with Gasteiger partial charge in [0.05, 0.1) is 10.6 Å². The van der Waals surface area contributed by atoms with Crippen LogP contribution in [0, 0.1) is 0 Å². The zero-order chi connectivity index (χ0) is 17.0. The maximum absolute atomic E-state index is 12.6. The SMILES string of the molecule is COC1(C(=O)Nc2ccc(Cl)c(C(=O)N(C)C)c2)CCNCC1.Cl. The number of carbonyl (C=O) groups is 2. The van der Waals surface area contributed by atoms with Gasteiger partial charge in [0.2, 0.25) is 0 Å².